The predicted octanol–water partition coefficient (Wildman–Crippen LogP) is 3.86. The number of esters is 1. The Morgan fingerprint density at radius 1 is 1.15 bits per heavy atom. The molecule has 2 aromatic carbocycles. The molecule has 1 amide bonds. The number of nitrogens with one attached hydrogen (secondary N) is 1. The monoisotopic (exact) mass is 389 g/mol. The van der Waals surface area contributed by atoms with Crippen molar-refractivity contribution in [1.82, 2.24) is 0 Å². The molecule has 27 heavy (non-hydrogen) atoms. The van der Waals surface area contributed by atoms with Crippen molar-refractivity contribution in [3.63, 3.8) is 0 Å². The molecular weight excluding hydrogens is 370 g/mol. The van der Waals surface area contributed by atoms with Crippen LogP contribution in [0.2, 0.25) is 5.02 Å². The maximum Gasteiger partial charge on any atom is 0.331 e. The molecule has 0 heterocycles. The maximum atomic E-state index is 11.9. The molecule has 0 saturated heterocycles. The first-order valence-electron chi connectivity index (χ1n) is 8.06. The first-order valence-corrected chi connectivity index (χ1v) is 8.44. The topological polar surface area (TPSA) is 73.9 Å². The smallest absolute Gasteiger partial charge is 0.331 e. The maximum absolute atomic E-state index is 11.9. The summed E-state index contributed by atoms with van der Waals surface area (Å²) in [7, 11) is 3.04. The summed E-state index contributed by atoms with van der Waals surface area (Å²) in [4.78, 5) is 23.7. The third-order valence-corrected chi connectivity index (χ3v) is 4.04. The van der Waals surface area contributed by atoms with Crippen LogP contribution in [0.4, 0.5) is 5.69 Å². The number of carbonyl (C=O) groups excluding carboxylic acids is 2. The van der Waals surface area contributed by atoms with Gasteiger partial charge >= 0.3 is 5.97 Å². The molecule has 0 fully saturated rings. The van der Waals surface area contributed by atoms with Gasteiger partial charge in [-0.3, -0.25) is 4.79 Å². The number of rotatable bonds is 7. The summed E-state index contributed by atoms with van der Waals surface area (Å²) in [5.41, 5.74) is 2.08. The number of hydrogen-bond donors (Lipinski definition) is 1. The van der Waals surface area contributed by atoms with E-state index in [1.807, 2.05) is 6.92 Å². The molecule has 0 unspecified atom stereocenters. The number of methoxy groups -OCH3 is 2. The predicted molar refractivity (Wildman–Crippen MR) is 104 cm³/mol. The Bertz CT molecular complexity index is 863. The van der Waals surface area contributed by atoms with Crippen molar-refractivity contribution in [2.24, 2.45) is 0 Å². The molecule has 0 aliphatic carbocycles. The Hall–Kier alpha value is -2.99. The third kappa shape index (κ3) is 5.76. The zero-order valence-electron chi connectivity index (χ0n) is 15.2. The number of anilines is 1. The molecule has 0 spiro atoms. The fourth-order valence-corrected chi connectivity index (χ4v) is 2.43. The number of benzene rings is 2. The van der Waals surface area contributed by atoms with Crippen LogP contribution >= 0.6 is 11.6 Å². The number of para-hydroxylation sites is 1. The number of hydrogen-bond acceptors (Lipinski definition) is 5. The molecule has 2 aromatic rings. The minimum atomic E-state index is -0.656. The van der Waals surface area contributed by atoms with E-state index in [4.69, 9.17) is 25.8 Å². The highest BCUT2D eigenvalue weighted by molar-refractivity contribution is 6.31. The molecule has 0 radical (unpaired) electrons. The van der Waals surface area contributed by atoms with Gasteiger partial charge in [-0.05, 0) is 36.8 Å². The van der Waals surface area contributed by atoms with Crippen LogP contribution in [-0.2, 0) is 14.3 Å². The van der Waals surface area contributed by atoms with Gasteiger partial charge in [-0.1, -0.05) is 29.8 Å². The van der Waals surface area contributed by atoms with E-state index in [-0.39, 0.29) is 0 Å². The molecular formula is C20H20ClNO5. The summed E-state index contributed by atoms with van der Waals surface area (Å²) < 4.78 is 15.4. The zero-order chi connectivity index (χ0) is 19.8. The number of halogens is 1. The van der Waals surface area contributed by atoms with Crippen LogP contribution in [0.5, 0.6) is 11.5 Å². The Morgan fingerprint density at radius 2 is 1.93 bits per heavy atom. The summed E-state index contributed by atoms with van der Waals surface area (Å²) in [6.07, 6.45) is 2.74. The van der Waals surface area contributed by atoms with Crippen LogP contribution in [0.25, 0.3) is 6.08 Å². The van der Waals surface area contributed by atoms with E-state index in [0.717, 1.165) is 5.56 Å². The van der Waals surface area contributed by atoms with Gasteiger partial charge in [0.15, 0.2) is 18.1 Å². The number of amides is 1. The molecule has 0 bridgehead atoms. The average Bonchev–Trinajstić information content (AvgIpc) is 2.67. The Kier molecular flexibility index (Phi) is 7.25. The van der Waals surface area contributed by atoms with E-state index in [1.54, 1.807) is 36.4 Å². The summed E-state index contributed by atoms with van der Waals surface area (Å²) in [6.45, 7) is 1.45. The highest BCUT2D eigenvalue weighted by Gasteiger charge is 2.09. The van der Waals surface area contributed by atoms with Gasteiger partial charge in [0, 0.05) is 22.3 Å². The molecule has 0 aliphatic rings. The van der Waals surface area contributed by atoms with Gasteiger partial charge in [-0.25, -0.2) is 4.79 Å². The van der Waals surface area contributed by atoms with E-state index in [0.29, 0.717) is 27.8 Å². The minimum Gasteiger partial charge on any atom is -0.493 e. The van der Waals surface area contributed by atoms with Crippen LogP contribution in [0.3, 0.4) is 0 Å². The Labute approximate surface area is 162 Å². The average molecular weight is 390 g/mol. The molecule has 142 valence electrons. The second kappa shape index (κ2) is 9.64. The SMILES string of the molecule is COc1cccc(/C=C/C(=O)OCC(=O)Nc2ccc(C)c(Cl)c2)c1OC. The molecule has 6 nitrogen and oxygen atoms in total. The van der Waals surface area contributed by atoms with Gasteiger partial charge in [-0.15, -0.1) is 0 Å². The lowest BCUT2D eigenvalue weighted by atomic mass is 10.1. The minimum absolute atomic E-state index is 0.413. The largest absolute Gasteiger partial charge is 0.493 e. The van der Waals surface area contributed by atoms with Gasteiger partial charge in [0.25, 0.3) is 5.91 Å². The molecule has 0 aliphatic heterocycles. The van der Waals surface area contributed by atoms with Gasteiger partial charge in [0.1, 0.15) is 0 Å². The van der Waals surface area contributed by atoms with E-state index >= 15 is 0 Å². The zero-order valence-corrected chi connectivity index (χ0v) is 16.0. The normalized spacial score (nSPS) is 10.5. The fraction of sp³-hybridized carbons (Fsp3) is 0.200. The molecule has 7 heteroatoms. The van der Waals surface area contributed by atoms with Crippen molar-refractivity contribution >= 4 is 35.2 Å². The second-order valence-electron chi connectivity index (χ2n) is 5.54. The second-order valence-corrected chi connectivity index (χ2v) is 5.94. The van der Waals surface area contributed by atoms with E-state index in [1.165, 1.54) is 26.4 Å². The van der Waals surface area contributed by atoms with Gasteiger partial charge in [0.2, 0.25) is 0 Å². The summed E-state index contributed by atoms with van der Waals surface area (Å²) in [5, 5.41) is 3.15. The quantitative estimate of drug-likeness (QED) is 0.575. The van der Waals surface area contributed by atoms with Crippen molar-refractivity contribution in [1.29, 1.82) is 0 Å². The lowest BCUT2D eigenvalue weighted by Gasteiger charge is -2.09. The molecule has 0 saturated carbocycles. The first kappa shape index (κ1) is 20.3. The highest BCUT2D eigenvalue weighted by Crippen LogP contribution is 2.31. The van der Waals surface area contributed by atoms with Crippen molar-refractivity contribution in [3.05, 3.63) is 58.6 Å². The van der Waals surface area contributed by atoms with Crippen molar-refractivity contribution < 1.29 is 23.8 Å². The van der Waals surface area contributed by atoms with Gasteiger partial charge in [0.05, 0.1) is 14.2 Å². The number of carbonyl (C=O) groups is 2. The third-order valence-electron chi connectivity index (χ3n) is 3.63. The number of ether oxygens (including phenoxy) is 3. The highest BCUT2D eigenvalue weighted by atomic mass is 35.5. The molecule has 0 aromatic heterocycles. The van der Waals surface area contributed by atoms with Crippen molar-refractivity contribution in [2.45, 2.75) is 6.92 Å². The number of aryl methyl sites for hydroxylation is 1. The summed E-state index contributed by atoms with van der Waals surface area (Å²) in [6, 6.07) is 10.4. The summed E-state index contributed by atoms with van der Waals surface area (Å²) >= 11 is 6.01. The Morgan fingerprint density at radius 3 is 2.59 bits per heavy atom. The van der Waals surface area contributed by atoms with E-state index < -0.39 is 18.5 Å². The lowest BCUT2D eigenvalue weighted by molar-refractivity contribution is -0.142. The van der Waals surface area contributed by atoms with Crippen LogP contribution in [0.15, 0.2) is 42.5 Å². The first-order chi connectivity index (χ1) is 12.9. The lowest BCUT2D eigenvalue weighted by Crippen LogP contribution is -2.20. The fourth-order valence-electron chi connectivity index (χ4n) is 2.25. The molecule has 2 rings (SSSR count). The van der Waals surface area contributed by atoms with Crippen molar-refractivity contribution in [3.8, 4) is 11.5 Å². The van der Waals surface area contributed by atoms with Crippen LogP contribution in [0, 0.1) is 6.92 Å². The van der Waals surface area contributed by atoms with Gasteiger partial charge in [-0.2, -0.15) is 0 Å². The van der Waals surface area contributed by atoms with Crippen LogP contribution in [-0.4, -0.2) is 32.7 Å². The van der Waals surface area contributed by atoms with Crippen molar-refractivity contribution in [2.75, 3.05) is 26.1 Å². The molecule has 1 N–H and O–H groups in total. The Balaban J connectivity index is 1.91. The van der Waals surface area contributed by atoms with Crippen LogP contribution < -0.4 is 14.8 Å². The van der Waals surface area contributed by atoms with E-state index in [2.05, 4.69) is 5.32 Å². The van der Waals surface area contributed by atoms with Gasteiger partial charge < -0.3 is 19.5 Å². The van der Waals surface area contributed by atoms with E-state index in [9.17, 15) is 9.59 Å². The standard InChI is InChI=1S/C20H20ClNO5/c1-13-7-9-15(11-16(13)21)22-18(23)12-27-19(24)10-8-14-5-4-6-17(25-2)20(14)26-3/h4-11H,12H2,1-3H3,(H,22,23)/b10-8+. The molecule has 0 atom stereocenters. The summed E-state index contributed by atoms with van der Waals surface area (Å²) in [5.74, 6) is -0.0743. The van der Waals surface area contributed by atoms with Crippen LogP contribution in [0.1, 0.15) is 11.1 Å².